The van der Waals surface area contributed by atoms with E-state index in [1.807, 2.05) is 0 Å². The van der Waals surface area contributed by atoms with Gasteiger partial charge in [-0.2, -0.15) is 0 Å². The van der Waals surface area contributed by atoms with Crippen LogP contribution in [0.4, 0.5) is 0 Å². The van der Waals surface area contributed by atoms with Crippen LogP contribution in [0.15, 0.2) is 23.1 Å². The van der Waals surface area contributed by atoms with Gasteiger partial charge in [0, 0.05) is 10.7 Å². The van der Waals surface area contributed by atoms with Gasteiger partial charge in [0.25, 0.3) is 9.05 Å². The van der Waals surface area contributed by atoms with Gasteiger partial charge < -0.3 is 4.74 Å². The van der Waals surface area contributed by atoms with Gasteiger partial charge in [-0.05, 0) is 67.7 Å². The first-order valence-corrected chi connectivity index (χ1v) is 9.42. The maximum absolute atomic E-state index is 11.3. The third-order valence-corrected chi connectivity index (χ3v) is 6.24. The summed E-state index contributed by atoms with van der Waals surface area (Å²) in [5.41, 5.74) is 0.630. The van der Waals surface area contributed by atoms with Crippen LogP contribution in [0.5, 0.6) is 5.75 Å². The van der Waals surface area contributed by atoms with Gasteiger partial charge in [0.2, 0.25) is 0 Å². The zero-order valence-electron chi connectivity index (χ0n) is 11.5. The summed E-state index contributed by atoms with van der Waals surface area (Å²) in [6.07, 6.45) is 5.40. The molecule has 0 amide bonds. The number of benzene rings is 1. The Labute approximate surface area is 124 Å². The van der Waals surface area contributed by atoms with Crippen molar-refractivity contribution in [3.8, 4) is 5.75 Å². The quantitative estimate of drug-likeness (QED) is 0.795. The van der Waals surface area contributed by atoms with E-state index in [0.717, 1.165) is 24.2 Å². The Bertz CT molecular complexity index is 612. The molecule has 3 nitrogen and oxygen atoms in total. The molecule has 1 aromatic carbocycles. The molecule has 2 aliphatic rings. The molecule has 2 fully saturated rings. The van der Waals surface area contributed by atoms with E-state index in [-0.39, 0.29) is 4.90 Å². The largest absolute Gasteiger partial charge is 0.493 e. The van der Waals surface area contributed by atoms with Crippen LogP contribution < -0.4 is 4.74 Å². The van der Waals surface area contributed by atoms with E-state index >= 15 is 0 Å². The predicted octanol–water partition coefficient (Wildman–Crippen LogP) is 3.74. The average molecular weight is 315 g/mol. The number of fused-ring (bicyclic) bond motifs is 2. The summed E-state index contributed by atoms with van der Waals surface area (Å²) in [4.78, 5) is 0.159. The van der Waals surface area contributed by atoms with Crippen molar-refractivity contribution in [2.75, 3.05) is 6.61 Å². The van der Waals surface area contributed by atoms with Gasteiger partial charge in [-0.25, -0.2) is 8.42 Å². The molecule has 3 rings (SSSR count). The summed E-state index contributed by atoms with van der Waals surface area (Å²) >= 11 is 0. The molecule has 20 heavy (non-hydrogen) atoms. The highest BCUT2D eigenvalue weighted by atomic mass is 35.7. The molecular weight excluding hydrogens is 296 g/mol. The second-order valence-electron chi connectivity index (χ2n) is 6.11. The van der Waals surface area contributed by atoms with Crippen molar-refractivity contribution in [3.63, 3.8) is 0 Å². The Kier molecular flexibility index (Phi) is 3.71. The molecule has 110 valence electrons. The van der Waals surface area contributed by atoms with Crippen molar-refractivity contribution in [2.45, 2.75) is 37.5 Å². The van der Waals surface area contributed by atoms with Gasteiger partial charge in [0.05, 0.1) is 11.5 Å². The van der Waals surface area contributed by atoms with Crippen LogP contribution in [-0.4, -0.2) is 15.0 Å². The molecule has 2 saturated carbocycles. The molecule has 3 atom stereocenters. The normalized spacial score (nSPS) is 28.8. The number of halogens is 1. The molecule has 3 unspecified atom stereocenters. The molecular formula is C15H19ClO3S. The summed E-state index contributed by atoms with van der Waals surface area (Å²) in [5.74, 6) is 3.16. The number of ether oxygens (including phenoxy) is 1. The van der Waals surface area contributed by atoms with Gasteiger partial charge >= 0.3 is 0 Å². The topological polar surface area (TPSA) is 43.4 Å². The van der Waals surface area contributed by atoms with Gasteiger partial charge in [0.15, 0.2) is 0 Å². The number of hydrogen-bond acceptors (Lipinski definition) is 3. The third kappa shape index (κ3) is 2.82. The second kappa shape index (κ2) is 5.23. The maximum atomic E-state index is 11.3. The fourth-order valence-electron chi connectivity index (χ4n) is 3.77. The smallest absolute Gasteiger partial charge is 0.261 e. The molecule has 0 aromatic heterocycles. The molecule has 0 radical (unpaired) electrons. The lowest BCUT2D eigenvalue weighted by atomic mass is 9.89. The standard InChI is InChI=1S/C15H19ClO3S/c1-10-6-14(4-5-15(10)20(16,17)18)19-9-13-8-11-2-3-12(13)7-11/h4-6,11-13H,2-3,7-9H2,1H3. The van der Waals surface area contributed by atoms with E-state index in [1.165, 1.54) is 31.7 Å². The fraction of sp³-hybridized carbons (Fsp3) is 0.600. The highest BCUT2D eigenvalue weighted by Crippen LogP contribution is 2.48. The van der Waals surface area contributed by atoms with E-state index in [1.54, 1.807) is 19.1 Å². The van der Waals surface area contributed by atoms with E-state index in [2.05, 4.69) is 0 Å². The first-order chi connectivity index (χ1) is 9.43. The molecule has 0 spiro atoms. The van der Waals surface area contributed by atoms with E-state index < -0.39 is 9.05 Å². The number of rotatable bonds is 4. The van der Waals surface area contributed by atoms with Gasteiger partial charge in [-0.15, -0.1) is 0 Å². The van der Waals surface area contributed by atoms with Crippen molar-refractivity contribution < 1.29 is 13.2 Å². The summed E-state index contributed by atoms with van der Waals surface area (Å²) in [5, 5.41) is 0. The van der Waals surface area contributed by atoms with Crippen LogP contribution in [0.3, 0.4) is 0 Å². The summed E-state index contributed by atoms with van der Waals surface area (Å²) in [6, 6.07) is 4.96. The predicted molar refractivity (Wildman–Crippen MR) is 78.7 cm³/mol. The minimum Gasteiger partial charge on any atom is -0.493 e. The Balaban J connectivity index is 1.65. The second-order valence-corrected chi connectivity index (χ2v) is 8.65. The molecule has 0 N–H and O–H groups in total. The molecule has 2 bridgehead atoms. The minimum atomic E-state index is -3.67. The zero-order valence-corrected chi connectivity index (χ0v) is 13.1. The first-order valence-electron chi connectivity index (χ1n) is 7.11. The lowest BCUT2D eigenvalue weighted by Crippen LogP contribution is -2.18. The minimum absolute atomic E-state index is 0.159. The lowest BCUT2D eigenvalue weighted by Gasteiger charge is -2.21. The van der Waals surface area contributed by atoms with Gasteiger partial charge in [0.1, 0.15) is 5.75 Å². The number of aryl methyl sites for hydroxylation is 1. The van der Waals surface area contributed by atoms with Crippen molar-refractivity contribution in [1.82, 2.24) is 0 Å². The Morgan fingerprint density at radius 2 is 2.10 bits per heavy atom. The van der Waals surface area contributed by atoms with Crippen LogP contribution in [0.2, 0.25) is 0 Å². The Morgan fingerprint density at radius 1 is 1.30 bits per heavy atom. The monoisotopic (exact) mass is 314 g/mol. The SMILES string of the molecule is Cc1cc(OCC2CC3CCC2C3)ccc1S(=O)(=O)Cl. The average Bonchev–Trinajstić information content (AvgIpc) is 2.96. The van der Waals surface area contributed by atoms with Crippen LogP contribution in [-0.2, 0) is 9.05 Å². The molecule has 1 aromatic rings. The Morgan fingerprint density at radius 3 is 2.65 bits per heavy atom. The van der Waals surface area contributed by atoms with Crippen molar-refractivity contribution in [3.05, 3.63) is 23.8 Å². The molecule has 0 heterocycles. The van der Waals surface area contributed by atoms with Crippen LogP contribution >= 0.6 is 10.7 Å². The van der Waals surface area contributed by atoms with E-state index in [9.17, 15) is 8.42 Å². The van der Waals surface area contributed by atoms with Crippen LogP contribution in [0.1, 0.15) is 31.2 Å². The molecule has 5 heteroatoms. The highest BCUT2D eigenvalue weighted by molar-refractivity contribution is 8.13. The number of hydrogen-bond donors (Lipinski definition) is 0. The highest BCUT2D eigenvalue weighted by Gasteiger charge is 2.39. The van der Waals surface area contributed by atoms with E-state index in [0.29, 0.717) is 11.5 Å². The zero-order chi connectivity index (χ0) is 14.3. The molecule has 2 aliphatic carbocycles. The Hall–Kier alpha value is -0.740. The third-order valence-electron chi connectivity index (χ3n) is 4.76. The summed E-state index contributed by atoms with van der Waals surface area (Å²) < 4.78 is 28.5. The fourth-order valence-corrected chi connectivity index (χ4v) is 4.96. The maximum Gasteiger partial charge on any atom is 0.261 e. The molecule has 0 saturated heterocycles. The van der Waals surface area contributed by atoms with Gasteiger partial charge in [-0.1, -0.05) is 6.42 Å². The van der Waals surface area contributed by atoms with Crippen molar-refractivity contribution in [2.24, 2.45) is 17.8 Å². The summed E-state index contributed by atoms with van der Waals surface area (Å²) in [7, 11) is 1.70. The van der Waals surface area contributed by atoms with Crippen molar-refractivity contribution in [1.29, 1.82) is 0 Å². The first kappa shape index (κ1) is 14.2. The van der Waals surface area contributed by atoms with Crippen LogP contribution in [0, 0.1) is 24.7 Å². The van der Waals surface area contributed by atoms with Crippen molar-refractivity contribution >= 4 is 19.7 Å². The van der Waals surface area contributed by atoms with Crippen LogP contribution in [0.25, 0.3) is 0 Å². The van der Waals surface area contributed by atoms with E-state index in [4.69, 9.17) is 15.4 Å². The summed E-state index contributed by atoms with van der Waals surface area (Å²) in [6.45, 7) is 2.48. The van der Waals surface area contributed by atoms with Gasteiger partial charge in [-0.3, -0.25) is 0 Å². The molecule has 0 aliphatic heterocycles. The lowest BCUT2D eigenvalue weighted by molar-refractivity contribution is 0.195.